The molecule has 0 unspecified atom stereocenters. The molecular weight excluding hydrogens is 279 g/mol. The fourth-order valence-corrected chi connectivity index (χ4v) is 2.63. The van der Waals surface area contributed by atoms with E-state index in [4.69, 9.17) is 10.2 Å². The lowest BCUT2D eigenvalue weighted by Gasteiger charge is -2.22. The number of carboxylic acid groups (broad SMARTS) is 1. The van der Waals surface area contributed by atoms with Crippen LogP contribution in [0.5, 0.6) is 0 Å². The highest BCUT2D eigenvalue weighted by molar-refractivity contribution is 7.89. The van der Waals surface area contributed by atoms with Gasteiger partial charge in [-0.05, 0) is 6.42 Å². The van der Waals surface area contributed by atoms with Gasteiger partial charge in [-0.25, -0.2) is 8.42 Å². The minimum atomic E-state index is -4.71. The highest BCUT2D eigenvalue weighted by Gasteiger charge is 2.35. The van der Waals surface area contributed by atoms with E-state index < -0.39 is 54.0 Å². The maximum absolute atomic E-state index is 12.1. The van der Waals surface area contributed by atoms with E-state index in [0.717, 1.165) is 0 Å². The Kier molecular flexibility index (Phi) is 6.57. The van der Waals surface area contributed by atoms with Crippen LogP contribution in [0.25, 0.3) is 0 Å². The molecule has 0 aromatic heterocycles. The normalized spacial score (nSPS) is 12.9. The number of rotatable bonds is 8. The zero-order valence-corrected chi connectivity index (χ0v) is 10.2. The second-order valence-corrected chi connectivity index (χ2v) is 5.57. The lowest BCUT2D eigenvalue weighted by Crippen LogP contribution is -2.41. The number of aliphatic hydroxyl groups excluding tert-OH is 1. The Bertz CT molecular complexity index is 367. The smallest absolute Gasteiger partial charge is 0.402 e. The molecule has 0 aliphatic carbocycles. The summed E-state index contributed by atoms with van der Waals surface area (Å²) in [7, 11) is -4.22. The molecule has 0 aromatic carbocycles. The van der Waals surface area contributed by atoms with Crippen molar-refractivity contribution in [3.63, 3.8) is 0 Å². The third-order valence-electron chi connectivity index (χ3n) is 1.89. The fourth-order valence-electron chi connectivity index (χ4n) is 1.16. The van der Waals surface area contributed by atoms with Crippen LogP contribution in [0, 0.1) is 0 Å². The van der Waals surface area contributed by atoms with Gasteiger partial charge in [-0.1, -0.05) is 0 Å². The Balaban J connectivity index is 4.61. The Morgan fingerprint density at radius 2 is 1.83 bits per heavy atom. The Hall–Kier alpha value is -0.870. The molecule has 0 atom stereocenters. The van der Waals surface area contributed by atoms with Crippen LogP contribution in [0.15, 0.2) is 0 Å². The number of hydrogen-bond acceptors (Lipinski definition) is 4. The molecule has 0 spiro atoms. The number of alkyl halides is 3. The highest BCUT2D eigenvalue weighted by atomic mass is 32.2. The average molecular weight is 293 g/mol. The molecule has 0 rings (SSSR count). The molecule has 0 aliphatic rings. The molecule has 0 fully saturated rings. The number of halogens is 3. The molecule has 0 amide bonds. The number of sulfonamides is 1. The van der Waals surface area contributed by atoms with Gasteiger partial charge in [-0.3, -0.25) is 4.79 Å². The lowest BCUT2D eigenvalue weighted by atomic mass is 10.3. The van der Waals surface area contributed by atoms with Crippen LogP contribution < -0.4 is 0 Å². The van der Waals surface area contributed by atoms with Crippen molar-refractivity contribution >= 4 is 16.0 Å². The van der Waals surface area contributed by atoms with Crippen molar-refractivity contribution in [2.24, 2.45) is 0 Å². The van der Waals surface area contributed by atoms with Gasteiger partial charge in [-0.2, -0.15) is 17.5 Å². The number of nitrogens with zero attached hydrogens (tertiary/aromatic N) is 1. The Morgan fingerprint density at radius 3 is 2.22 bits per heavy atom. The van der Waals surface area contributed by atoms with E-state index in [9.17, 15) is 26.4 Å². The van der Waals surface area contributed by atoms with E-state index in [0.29, 0.717) is 0 Å². The van der Waals surface area contributed by atoms with Crippen LogP contribution in [0.2, 0.25) is 0 Å². The summed E-state index contributed by atoms with van der Waals surface area (Å²) >= 11 is 0. The third kappa shape index (κ3) is 7.45. The number of aliphatic hydroxyl groups is 1. The van der Waals surface area contributed by atoms with Gasteiger partial charge < -0.3 is 10.2 Å². The monoisotopic (exact) mass is 293 g/mol. The summed E-state index contributed by atoms with van der Waals surface area (Å²) in [6, 6.07) is 0. The van der Waals surface area contributed by atoms with Crippen LogP contribution in [-0.2, 0) is 14.8 Å². The Morgan fingerprint density at radius 1 is 1.28 bits per heavy atom. The van der Waals surface area contributed by atoms with E-state index in [1.807, 2.05) is 0 Å². The Labute approximate surface area is 102 Å². The molecule has 0 bridgehead atoms. The minimum Gasteiger partial charge on any atom is -0.481 e. The van der Waals surface area contributed by atoms with Crippen molar-refractivity contribution in [3.05, 3.63) is 0 Å². The molecule has 108 valence electrons. The SMILES string of the molecule is O=C(O)CCCS(=O)(=O)N(CCO)CC(F)(F)F. The fraction of sp³-hybridized carbons (Fsp3) is 0.875. The first-order chi connectivity index (χ1) is 8.08. The quantitative estimate of drug-likeness (QED) is 0.659. The van der Waals surface area contributed by atoms with Crippen molar-refractivity contribution < 1.29 is 36.6 Å². The van der Waals surface area contributed by atoms with Crippen molar-refractivity contribution in [1.29, 1.82) is 0 Å². The standard InChI is InChI=1S/C8H14F3NO5S/c9-8(10,11)6-12(3-4-13)18(16,17)5-1-2-7(14)15/h13H,1-6H2,(H,14,15). The van der Waals surface area contributed by atoms with Crippen LogP contribution in [0.1, 0.15) is 12.8 Å². The van der Waals surface area contributed by atoms with Crippen molar-refractivity contribution in [2.75, 3.05) is 25.4 Å². The van der Waals surface area contributed by atoms with Gasteiger partial charge >= 0.3 is 12.1 Å². The van der Waals surface area contributed by atoms with Gasteiger partial charge in [0, 0.05) is 13.0 Å². The maximum atomic E-state index is 12.1. The van der Waals surface area contributed by atoms with E-state index in [1.54, 1.807) is 0 Å². The summed E-state index contributed by atoms with van der Waals surface area (Å²) in [6.07, 6.45) is -5.44. The summed E-state index contributed by atoms with van der Waals surface area (Å²) in [6.45, 7) is -3.11. The molecule has 18 heavy (non-hydrogen) atoms. The molecule has 0 radical (unpaired) electrons. The second-order valence-electron chi connectivity index (χ2n) is 3.49. The first-order valence-corrected chi connectivity index (χ1v) is 6.56. The molecule has 10 heteroatoms. The van der Waals surface area contributed by atoms with Gasteiger partial charge in [0.1, 0.15) is 6.54 Å². The van der Waals surface area contributed by atoms with Crippen LogP contribution >= 0.6 is 0 Å². The van der Waals surface area contributed by atoms with Gasteiger partial charge in [-0.15, -0.1) is 0 Å². The highest BCUT2D eigenvalue weighted by Crippen LogP contribution is 2.19. The summed E-state index contributed by atoms with van der Waals surface area (Å²) in [5, 5.41) is 16.9. The van der Waals surface area contributed by atoms with Gasteiger partial charge in [0.2, 0.25) is 10.0 Å². The van der Waals surface area contributed by atoms with Crippen LogP contribution in [-0.4, -0.2) is 60.5 Å². The first-order valence-electron chi connectivity index (χ1n) is 4.96. The minimum absolute atomic E-state index is 0.106. The van der Waals surface area contributed by atoms with Crippen molar-refractivity contribution in [2.45, 2.75) is 19.0 Å². The maximum Gasteiger partial charge on any atom is 0.402 e. The van der Waals surface area contributed by atoms with Gasteiger partial charge in [0.15, 0.2) is 0 Å². The molecule has 0 heterocycles. The average Bonchev–Trinajstić information content (AvgIpc) is 2.14. The lowest BCUT2D eigenvalue weighted by molar-refractivity contribution is -0.138. The third-order valence-corrected chi connectivity index (χ3v) is 3.79. The largest absolute Gasteiger partial charge is 0.481 e. The molecule has 0 aliphatic heterocycles. The van der Waals surface area contributed by atoms with E-state index in [1.165, 1.54) is 0 Å². The van der Waals surface area contributed by atoms with E-state index in [-0.39, 0.29) is 10.7 Å². The van der Waals surface area contributed by atoms with Crippen molar-refractivity contribution in [3.8, 4) is 0 Å². The summed E-state index contributed by atoms with van der Waals surface area (Å²) < 4.78 is 59.5. The molecule has 0 aromatic rings. The second kappa shape index (κ2) is 6.90. The molecular formula is C8H14F3NO5S. The number of carbonyl (C=O) groups is 1. The zero-order valence-electron chi connectivity index (χ0n) is 9.35. The predicted molar refractivity (Wildman–Crippen MR) is 55.4 cm³/mol. The predicted octanol–water partition coefficient (Wildman–Crippen LogP) is 0.0376. The van der Waals surface area contributed by atoms with E-state index >= 15 is 0 Å². The topological polar surface area (TPSA) is 94.9 Å². The summed E-state index contributed by atoms with van der Waals surface area (Å²) in [5.74, 6) is -1.93. The first kappa shape index (κ1) is 17.1. The summed E-state index contributed by atoms with van der Waals surface area (Å²) in [5.41, 5.74) is 0. The van der Waals surface area contributed by atoms with Gasteiger partial charge in [0.25, 0.3) is 0 Å². The zero-order chi connectivity index (χ0) is 14.4. The number of aliphatic carboxylic acids is 1. The number of carboxylic acids is 1. The molecule has 6 nitrogen and oxygen atoms in total. The van der Waals surface area contributed by atoms with E-state index in [2.05, 4.69) is 0 Å². The van der Waals surface area contributed by atoms with Gasteiger partial charge in [0.05, 0.1) is 12.4 Å². The summed E-state index contributed by atoms with van der Waals surface area (Å²) in [4.78, 5) is 10.2. The molecule has 0 saturated heterocycles. The van der Waals surface area contributed by atoms with Crippen LogP contribution in [0.4, 0.5) is 13.2 Å². The van der Waals surface area contributed by atoms with Crippen molar-refractivity contribution in [1.82, 2.24) is 4.31 Å². The molecule has 2 N–H and O–H groups in total. The van der Waals surface area contributed by atoms with Crippen LogP contribution in [0.3, 0.4) is 0 Å². The molecule has 0 saturated carbocycles. The number of hydrogen-bond donors (Lipinski definition) is 2.